The summed E-state index contributed by atoms with van der Waals surface area (Å²) in [7, 11) is 3.22. The Morgan fingerprint density at radius 2 is 1.76 bits per heavy atom. The molecule has 4 rings (SSSR count). The van der Waals surface area contributed by atoms with Crippen molar-refractivity contribution in [3.63, 3.8) is 0 Å². The third kappa shape index (κ3) is 5.86. The van der Waals surface area contributed by atoms with Crippen LogP contribution in [0, 0.1) is 11.3 Å². The van der Waals surface area contributed by atoms with Crippen LogP contribution in [-0.2, 0) is 29.2 Å². The highest BCUT2D eigenvalue weighted by molar-refractivity contribution is 5.84. The minimum Gasteiger partial charge on any atom is -0.497 e. The number of amides is 2. The first kappa shape index (κ1) is 27.3. The van der Waals surface area contributed by atoms with E-state index in [4.69, 9.17) is 14.2 Å². The van der Waals surface area contributed by atoms with E-state index in [1.165, 1.54) is 0 Å². The zero-order valence-corrected chi connectivity index (χ0v) is 23.0. The average molecular weight is 521 g/mol. The van der Waals surface area contributed by atoms with Gasteiger partial charge < -0.3 is 24.0 Å². The molecule has 0 N–H and O–H groups in total. The average Bonchev–Trinajstić information content (AvgIpc) is 3.31. The molecule has 2 aliphatic heterocycles. The molecule has 1 saturated heterocycles. The molecule has 0 saturated carbocycles. The molecule has 0 aliphatic carbocycles. The van der Waals surface area contributed by atoms with Crippen molar-refractivity contribution in [1.82, 2.24) is 14.7 Å². The number of benzene rings is 2. The molecule has 2 heterocycles. The van der Waals surface area contributed by atoms with E-state index in [0.717, 1.165) is 16.7 Å². The summed E-state index contributed by atoms with van der Waals surface area (Å²) in [6, 6.07) is 12.6. The molecular formula is C29H36N4O5. The maximum Gasteiger partial charge on any atom is 0.410 e. The van der Waals surface area contributed by atoms with Crippen LogP contribution in [0.3, 0.4) is 0 Å². The van der Waals surface area contributed by atoms with E-state index >= 15 is 0 Å². The molecule has 38 heavy (non-hydrogen) atoms. The summed E-state index contributed by atoms with van der Waals surface area (Å²) in [5.41, 5.74) is 2.88. The van der Waals surface area contributed by atoms with E-state index in [1.807, 2.05) is 58.0 Å². The number of piperazine rings is 1. The van der Waals surface area contributed by atoms with Crippen molar-refractivity contribution in [2.24, 2.45) is 0 Å². The molecule has 202 valence electrons. The topological polar surface area (TPSA) is 95.3 Å². The van der Waals surface area contributed by atoms with Crippen LogP contribution in [-0.4, -0.2) is 71.7 Å². The first-order valence-corrected chi connectivity index (χ1v) is 12.8. The molecule has 0 spiro atoms. The normalized spacial score (nSPS) is 19.5. The summed E-state index contributed by atoms with van der Waals surface area (Å²) in [5.74, 6) is 1.30. The van der Waals surface area contributed by atoms with Gasteiger partial charge in [-0.05, 0) is 57.0 Å². The van der Waals surface area contributed by atoms with Crippen molar-refractivity contribution in [1.29, 1.82) is 5.26 Å². The Labute approximate surface area is 224 Å². The van der Waals surface area contributed by atoms with E-state index in [1.54, 1.807) is 30.1 Å². The molecule has 0 bridgehead atoms. The SMILES string of the molecule is COc1ccc(CN2C[C@@H](C)N(C(=O)OC(C)(C)C)C[C@H]2C(=O)N2Cc3ccc(C#N)cc3C2)c(OC)c1. The van der Waals surface area contributed by atoms with Gasteiger partial charge in [-0.25, -0.2) is 4.79 Å². The summed E-state index contributed by atoms with van der Waals surface area (Å²) in [4.78, 5) is 32.7. The lowest BCUT2D eigenvalue weighted by Gasteiger charge is -2.45. The van der Waals surface area contributed by atoms with E-state index in [-0.39, 0.29) is 18.5 Å². The lowest BCUT2D eigenvalue weighted by Crippen LogP contribution is -2.63. The Bertz CT molecular complexity index is 1250. The fourth-order valence-corrected chi connectivity index (χ4v) is 5.06. The van der Waals surface area contributed by atoms with Crippen molar-refractivity contribution in [3.05, 3.63) is 58.7 Å². The van der Waals surface area contributed by atoms with Gasteiger partial charge in [0.2, 0.25) is 5.91 Å². The van der Waals surface area contributed by atoms with Gasteiger partial charge in [0.05, 0.1) is 25.9 Å². The van der Waals surface area contributed by atoms with Gasteiger partial charge in [-0.3, -0.25) is 9.69 Å². The second-order valence-corrected chi connectivity index (χ2v) is 10.9. The van der Waals surface area contributed by atoms with Crippen molar-refractivity contribution < 1.29 is 23.8 Å². The standard InChI is InChI=1S/C29H36N4O5/c1-19-14-31(16-22-9-10-24(36-5)12-26(22)37-6)25(18-33(19)28(35)38-29(2,3)4)27(34)32-15-21-8-7-20(13-30)11-23(21)17-32/h7-12,19,25H,14-18H2,1-6H3/t19-,25+/m1/s1. The summed E-state index contributed by atoms with van der Waals surface area (Å²) in [6.07, 6.45) is -0.423. The first-order valence-electron chi connectivity index (χ1n) is 12.8. The molecule has 2 atom stereocenters. The minimum atomic E-state index is -0.640. The zero-order valence-electron chi connectivity index (χ0n) is 23.0. The van der Waals surface area contributed by atoms with Crippen molar-refractivity contribution in [2.75, 3.05) is 27.3 Å². The number of nitrogens with zero attached hydrogens (tertiary/aromatic N) is 4. The number of carbonyl (C=O) groups excluding carboxylic acids is 2. The van der Waals surface area contributed by atoms with Crippen molar-refractivity contribution in [3.8, 4) is 17.6 Å². The highest BCUT2D eigenvalue weighted by Gasteiger charge is 2.42. The van der Waals surface area contributed by atoms with Gasteiger partial charge in [0.25, 0.3) is 0 Å². The first-order chi connectivity index (χ1) is 18.0. The zero-order chi connectivity index (χ0) is 27.6. The molecule has 2 aromatic rings. The molecule has 2 aromatic carbocycles. The van der Waals surface area contributed by atoms with Gasteiger partial charge in [0.1, 0.15) is 23.1 Å². The maximum atomic E-state index is 14.0. The second kappa shape index (κ2) is 10.9. The molecule has 2 aliphatic rings. The molecule has 2 amide bonds. The predicted molar refractivity (Wildman–Crippen MR) is 142 cm³/mol. The quantitative estimate of drug-likeness (QED) is 0.590. The second-order valence-electron chi connectivity index (χ2n) is 10.9. The Balaban J connectivity index is 1.61. The Hall–Kier alpha value is -3.77. The maximum absolute atomic E-state index is 14.0. The van der Waals surface area contributed by atoms with Crippen LogP contribution < -0.4 is 9.47 Å². The van der Waals surface area contributed by atoms with Gasteiger partial charge in [-0.2, -0.15) is 5.26 Å². The van der Waals surface area contributed by atoms with Crippen LogP contribution >= 0.6 is 0 Å². The Morgan fingerprint density at radius 3 is 2.42 bits per heavy atom. The summed E-state index contributed by atoms with van der Waals surface area (Å²) < 4.78 is 16.6. The van der Waals surface area contributed by atoms with E-state index in [9.17, 15) is 14.9 Å². The Kier molecular flexibility index (Phi) is 7.83. The van der Waals surface area contributed by atoms with Crippen LogP contribution in [0.25, 0.3) is 0 Å². The molecule has 1 fully saturated rings. The minimum absolute atomic E-state index is 0.0624. The number of hydrogen-bond donors (Lipinski definition) is 0. The van der Waals surface area contributed by atoms with Crippen LogP contribution in [0.15, 0.2) is 36.4 Å². The summed E-state index contributed by atoms with van der Waals surface area (Å²) in [6.45, 7) is 9.55. The third-order valence-corrected chi connectivity index (χ3v) is 6.99. The van der Waals surface area contributed by atoms with Crippen LogP contribution in [0.1, 0.15) is 49.9 Å². The number of rotatable bonds is 5. The third-order valence-electron chi connectivity index (χ3n) is 6.99. The molecular weight excluding hydrogens is 484 g/mol. The number of methoxy groups -OCH3 is 2. The van der Waals surface area contributed by atoms with Gasteiger partial charge in [-0.15, -0.1) is 0 Å². The fourth-order valence-electron chi connectivity index (χ4n) is 5.06. The van der Waals surface area contributed by atoms with E-state index in [0.29, 0.717) is 43.2 Å². The molecule has 9 heteroatoms. The van der Waals surface area contributed by atoms with Crippen LogP contribution in [0.4, 0.5) is 4.79 Å². The monoisotopic (exact) mass is 520 g/mol. The molecule has 0 aromatic heterocycles. The Morgan fingerprint density at radius 1 is 1.03 bits per heavy atom. The predicted octanol–water partition coefficient (Wildman–Crippen LogP) is 3.93. The summed E-state index contributed by atoms with van der Waals surface area (Å²) >= 11 is 0. The van der Waals surface area contributed by atoms with Crippen molar-refractivity contribution >= 4 is 12.0 Å². The lowest BCUT2D eigenvalue weighted by atomic mass is 10.0. The smallest absolute Gasteiger partial charge is 0.410 e. The number of hydrogen-bond acceptors (Lipinski definition) is 7. The van der Waals surface area contributed by atoms with Gasteiger partial charge >= 0.3 is 6.09 Å². The van der Waals surface area contributed by atoms with Crippen molar-refractivity contribution in [2.45, 2.75) is 65.0 Å². The van der Waals surface area contributed by atoms with Gasteiger partial charge in [-0.1, -0.05) is 12.1 Å². The number of ether oxygens (including phenoxy) is 3. The summed E-state index contributed by atoms with van der Waals surface area (Å²) in [5, 5.41) is 9.28. The highest BCUT2D eigenvalue weighted by atomic mass is 16.6. The van der Waals surface area contributed by atoms with Crippen LogP contribution in [0.2, 0.25) is 0 Å². The largest absolute Gasteiger partial charge is 0.497 e. The number of carbonyl (C=O) groups is 2. The lowest BCUT2D eigenvalue weighted by molar-refractivity contribution is -0.141. The van der Waals surface area contributed by atoms with E-state index < -0.39 is 17.7 Å². The van der Waals surface area contributed by atoms with Crippen LogP contribution in [0.5, 0.6) is 11.5 Å². The molecule has 9 nitrogen and oxygen atoms in total. The molecule has 0 unspecified atom stereocenters. The highest BCUT2D eigenvalue weighted by Crippen LogP contribution is 2.31. The van der Waals surface area contributed by atoms with Gasteiger partial charge in [0, 0.05) is 50.4 Å². The fraction of sp³-hybridized carbons (Fsp3) is 0.483. The van der Waals surface area contributed by atoms with E-state index in [2.05, 4.69) is 11.0 Å². The molecule has 0 radical (unpaired) electrons. The number of fused-ring (bicyclic) bond motifs is 1. The number of nitriles is 1. The van der Waals surface area contributed by atoms with Gasteiger partial charge in [0.15, 0.2) is 0 Å².